The first kappa shape index (κ1) is 8.65. The number of rotatable bonds is 2. The Morgan fingerprint density at radius 1 is 1.62 bits per heavy atom. The monoisotopic (exact) mass is 182 g/mol. The Hall–Kier alpha value is -0.940. The molecule has 1 aliphatic rings. The number of likely N-dealkylation sites (tertiary alicyclic amines) is 1. The molecule has 0 aromatic carbocycles. The highest BCUT2D eigenvalue weighted by atomic mass is 16.4. The molecule has 0 radical (unpaired) electrons. The van der Waals surface area contributed by atoms with Gasteiger partial charge >= 0.3 is 0 Å². The Balaban J connectivity index is 2.15. The van der Waals surface area contributed by atoms with Crippen molar-refractivity contribution in [3.63, 3.8) is 0 Å². The van der Waals surface area contributed by atoms with Crippen molar-refractivity contribution in [3.05, 3.63) is 11.8 Å². The van der Waals surface area contributed by atoms with Crippen molar-refractivity contribution in [2.75, 3.05) is 13.6 Å². The van der Waals surface area contributed by atoms with Crippen LogP contribution in [-0.2, 0) is 6.54 Å². The average Bonchev–Trinajstić information content (AvgIpc) is 2.71. The van der Waals surface area contributed by atoms with E-state index < -0.39 is 0 Å². The lowest BCUT2D eigenvalue weighted by Gasteiger charge is -2.14. The molecule has 2 heterocycles. The second-order valence-electron chi connectivity index (χ2n) is 3.38. The van der Waals surface area contributed by atoms with E-state index >= 15 is 0 Å². The molecule has 0 amide bonds. The minimum absolute atomic E-state index is 0.299. The van der Waals surface area contributed by atoms with E-state index in [-0.39, 0.29) is 0 Å². The maximum absolute atomic E-state index is 5.40. The van der Waals surface area contributed by atoms with Crippen LogP contribution < -0.4 is 5.73 Å². The Morgan fingerprint density at radius 3 is 3.00 bits per heavy atom. The lowest BCUT2D eigenvalue weighted by molar-refractivity contribution is 0.263. The quantitative estimate of drug-likeness (QED) is 0.712. The summed E-state index contributed by atoms with van der Waals surface area (Å²) < 4.78 is 5.40. The van der Waals surface area contributed by atoms with E-state index in [1.165, 1.54) is 6.42 Å². The first-order valence-electron chi connectivity index (χ1n) is 4.54. The third-order valence-corrected chi connectivity index (χ3v) is 2.46. The maximum atomic E-state index is 5.40. The van der Waals surface area contributed by atoms with Crippen LogP contribution in [-0.4, -0.2) is 28.7 Å². The zero-order valence-electron chi connectivity index (χ0n) is 7.73. The van der Waals surface area contributed by atoms with Crippen LogP contribution in [0.1, 0.15) is 30.7 Å². The Kier molecular flexibility index (Phi) is 2.28. The lowest BCUT2D eigenvalue weighted by atomic mass is 10.2. The van der Waals surface area contributed by atoms with E-state index in [4.69, 9.17) is 10.2 Å². The number of hydrogen-bond acceptors (Lipinski definition) is 5. The predicted octanol–water partition coefficient (Wildman–Crippen LogP) is 0.295. The van der Waals surface area contributed by atoms with Crippen molar-refractivity contribution in [1.29, 1.82) is 0 Å². The fourth-order valence-electron chi connectivity index (χ4n) is 1.71. The smallest absolute Gasteiger partial charge is 0.233 e. The molecule has 1 aromatic heterocycles. The van der Waals surface area contributed by atoms with Crippen molar-refractivity contribution in [2.24, 2.45) is 5.73 Å². The molecular formula is C8H14N4O. The minimum Gasteiger partial charge on any atom is -0.422 e. The molecule has 5 heteroatoms. The van der Waals surface area contributed by atoms with Gasteiger partial charge in [-0.15, -0.1) is 10.2 Å². The molecule has 72 valence electrons. The number of nitrogens with zero attached hydrogens (tertiary/aromatic N) is 3. The summed E-state index contributed by atoms with van der Waals surface area (Å²) in [5, 5.41) is 7.83. The topological polar surface area (TPSA) is 68.2 Å². The van der Waals surface area contributed by atoms with Crippen LogP contribution in [0.15, 0.2) is 4.42 Å². The molecule has 0 spiro atoms. The second-order valence-corrected chi connectivity index (χ2v) is 3.38. The van der Waals surface area contributed by atoms with Crippen LogP contribution in [0.25, 0.3) is 0 Å². The van der Waals surface area contributed by atoms with E-state index in [1.54, 1.807) is 0 Å². The van der Waals surface area contributed by atoms with E-state index in [0.29, 0.717) is 24.4 Å². The van der Waals surface area contributed by atoms with Gasteiger partial charge in [-0.3, -0.25) is 4.90 Å². The molecule has 1 saturated heterocycles. The van der Waals surface area contributed by atoms with Gasteiger partial charge in [-0.2, -0.15) is 0 Å². The van der Waals surface area contributed by atoms with Crippen molar-refractivity contribution >= 4 is 0 Å². The average molecular weight is 182 g/mol. The third-order valence-electron chi connectivity index (χ3n) is 2.46. The van der Waals surface area contributed by atoms with Gasteiger partial charge in [0.25, 0.3) is 0 Å². The zero-order chi connectivity index (χ0) is 9.26. The molecule has 1 fully saturated rings. The van der Waals surface area contributed by atoms with E-state index in [9.17, 15) is 0 Å². The molecule has 2 N–H and O–H groups in total. The van der Waals surface area contributed by atoms with Gasteiger partial charge in [0.2, 0.25) is 11.8 Å². The molecule has 1 aliphatic heterocycles. The Morgan fingerprint density at radius 2 is 2.46 bits per heavy atom. The summed E-state index contributed by atoms with van der Waals surface area (Å²) in [6.07, 6.45) is 2.30. The largest absolute Gasteiger partial charge is 0.422 e. The Bertz CT molecular complexity index is 285. The first-order chi connectivity index (χ1) is 6.31. The fraction of sp³-hybridized carbons (Fsp3) is 0.750. The molecule has 0 saturated carbocycles. The molecule has 0 bridgehead atoms. The summed E-state index contributed by atoms with van der Waals surface area (Å²) in [4.78, 5) is 2.23. The Labute approximate surface area is 76.9 Å². The highest BCUT2D eigenvalue weighted by molar-refractivity contribution is 4.93. The fourth-order valence-corrected chi connectivity index (χ4v) is 1.71. The summed E-state index contributed by atoms with van der Waals surface area (Å²) in [6.45, 7) is 1.43. The van der Waals surface area contributed by atoms with Gasteiger partial charge < -0.3 is 10.2 Å². The van der Waals surface area contributed by atoms with Gasteiger partial charge in [0, 0.05) is 0 Å². The van der Waals surface area contributed by atoms with Gasteiger partial charge in [-0.05, 0) is 26.4 Å². The van der Waals surface area contributed by atoms with Crippen LogP contribution in [0, 0.1) is 0 Å². The minimum atomic E-state index is 0.299. The van der Waals surface area contributed by atoms with Crippen LogP contribution in [0.5, 0.6) is 0 Å². The van der Waals surface area contributed by atoms with Crippen molar-refractivity contribution in [1.82, 2.24) is 15.1 Å². The molecule has 5 nitrogen and oxygen atoms in total. The van der Waals surface area contributed by atoms with Crippen LogP contribution in [0.3, 0.4) is 0 Å². The van der Waals surface area contributed by atoms with Gasteiger partial charge in [-0.25, -0.2) is 0 Å². The number of aromatic nitrogens is 2. The normalized spacial score (nSPS) is 24.0. The van der Waals surface area contributed by atoms with Crippen LogP contribution >= 0.6 is 0 Å². The highest BCUT2D eigenvalue weighted by Gasteiger charge is 2.27. The van der Waals surface area contributed by atoms with Gasteiger partial charge in [-0.1, -0.05) is 0 Å². The van der Waals surface area contributed by atoms with Gasteiger partial charge in [0.05, 0.1) is 12.6 Å². The SMILES string of the molecule is CN1CCC[C@@H]1c1nnc(CN)o1. The lowest BCUT2D eigenvalue weighted by Crippen LogP contribution is -2.17. The van der Waals surface area contributed by atoms with Crippen molar-refractivity contribution in [2.45, 2.75) is 25.4 Å². The van der Waals surface area contributed by atoms with Gasteiger partial charge in [0.15, 0.2) is 0 Å². The van der Waals surface area contributed by atoms with Crippen LogP contribution in [0.4, 0.5) is 0 Å². The molecule has 13 heavy (non-hydrogen) atoms. The molecule has 1 aromatic rings. The molecule has 1 atom stereocenters. The van der Waals surface area contributed by atoms with Crippen molar-refractivity contribution < 1.29 is 4.42 Å². The standard InChI is InChI=1S/C8H14N4O/c1-12-4-2-3-6(12)8-11-10-7(5-9)13-8/h6H,2-5,9H2,1H3/t6-/m1/s1. The summed E-state index contributed by atoms with van der Waals surface area (Å²) in [6, 6.07) is 0.299. The van der Waals surface area contributed by atoms with Crippen LogP contribution in [0.2, 0.25) is 0 Å². The van der Waals surface area contributed by atoms with Crippen molar-refractivity contribution in [3.8, 4) is 0 Å². The predicted molar refractivity (Wildman–Crippen MR) is 46.8 cm³/mol. The third kappa shape index (κ3) is 1.57. The van der Waals surface area contributed by atoms with E-state index in [2.05, 4.69) is 22.1 Å². The number of nitrogens with two attached hydrogens (primary N) is 1. The zero-order valence-corrected chi connectivity index (χ0v) is 7.73. The molecular weight excluding hydrogens is 168 g/mol. The summed E-state index contributed by atoms with van der Waals surface area (Å²) in [7, 11) is 2.07. The highest BCUT2D eigenvalue weighted by Crippen LogP contribution is 2.28. The van der Waals surface area contributed by atoms with E-state index in [1.807, 2.05) is 0 Å². The summed E-state index contributed by atoms with van der Waals surface area (Å²) >= 11 is 0. The van der Waals surface area contributed by atoms with Gasteiger partial charge in [0.1, 0.15) is 0 Å². The summed E-state index contributed by atoms with van der Waals surface area (Å²) in [5.41, 5.74) is 5.39. The summed E-state index contributed by atoms with van der Waals surface area (Å²) in [5.74, 6) is 1.23. The van der Waals surface area contributed by atoms with E-state index in [0.717, 1.165) is 13.0 Å². The first-order valence-corrected chi connectivity index (χ1v) is 4.54. The maximum Gasteiger partial charge on any atom is 0.233 e. The molecule has 0 unspecified atom stereocenters. The number of hydrogen-bond donors (Lipinski definition) is 1. The second kappa shape index (κ2) is 3.43. The molecule has 2 rings (SSSR count). The molecule has 0 aliphatic carbocycles.